The first-order valence-electron chi connectivity index (χ1n) is 7.02. The third kappa shape index (κ3) is 1.96. The second kappa shape index (κ2) is 4.64. The molecule has 19 heavy (non-hydrogen) atoms. The number of carbonyl (C=O) groups is 1. The fourth-order valence-electron chi connectivity index (χ4n) is 3.77. The highest BCUT2D eigenvalue weighted by atomic mass is 16.5. The van der Waals surface area contributed by atoms with Gasteiger partial charge in [0, 0.05) is 0 Å². The molecule has 102 valence electrons. The largest absolute Gasteiger partial charge is 0.469 e. The van der Waals surface area contributed by atoms with Crippen molar-refractivity contribution in [2.24, 2.45) is 0 Å². The van der Waals surface area contributed by atoms with Gasteiger partial charge in [-0.2, -0.15) is 0 Å². The van der Waals surface area contributed by atoms with E-state index < -0.39 is 0 Å². The Morgan fingerprint density at radius 1 is 1.32 bits per heavy atom. The number of nitrogens with zero attached hydrogens (tertiary/aromatic N) is 1. The second-order valence-electron chi connectivity index (χ2n) is 5.95. The van der Waals surface area contributed by atoms with Gasteiger partial charge < -0.3 is 9.64 Å². The summed E-state index contributed by atoms with van der Waals surface area (Å²) in [6.07, 6.45) is 3.22. The smallest absolute Gasteiger partial charge is 0.313 e. The van der Waals surface area contributed by atoms with Crippen molar-refractivity contribution >= 4 is 5.97 Å². The fourth-order valence-corrected chi connectivity index (χ4v) is 3.77. The van der Waals surface area contributed by atoms with Crippen LogP contribution in [-0.4, -0.2) is 38.1 Å². The van der Waals surface area contributed by atoms with Crippen LogP contribution in [0, 0.1) is 0 Å². The molecule has 0 bridgehead atoms. The fraction of sp³-hybridized carbons (Fsp3) is 0.562. The Kier molecular flexibility index (Phi) is 3.09. The lowest BCUT2D eigenvalue weighted by atomic mass is 9.73. The van der Waals surface area contributed by atoms with Crippen molar-refractivity contribution in [3.05, 3.63) is 35.4 Å². The molecule has 1 unspecified atom stereocenters. The summed E-state index contributed by atoms with van der Waals surface area (Å²) in [5.41, 5.74) is 2.78. The van der Waals surface area contributed by atoms with Crippen molar-refractivity contribution in [3.8, 4) is 0 Å². The first-order valence-corrected chi connectivity index (χ1v) is 7.02. The number of hydrogen-bond donors (Lipinski definition) is 0. The van der Waals surface area contributed by atoms with E-state index in [1.165, 1.54) is 18.2 Å². The standard InChI is InChI=1S/C16H21NO2/c1-17-9-7-16(8-10-17)11-13(15(18)19-2)12-5-3-4-6-14(12)16/h3-6,13H,7-11H2,1-2H3. The number of methoxy groups -OCH3 is 1. The monoisotopic (exact) mass is 259 g/mol. The molecule has 3 heteroatoms. The predicted octanol–water partition coefficient (Wildman–Crippen LogP) is 2.31. The average molecular weight is 259 g/mol. The molecule has 1 saturated heterocycles. The maximum absolute atomic E-state index is 12.0. The topological polar surface area (TPSA) is 29.5 Å². The van der Waals surface area contributed by atoms with Crippen molar-refractivity contribution in [2.45, 2.75) is 30.6 Å². The minimum Gasteiger partial charge on any atom is -0.469 e. The molecule has 0 N–H and O–H groups in total. The van der Waals surface area contributed by atoms with Gasteiger partial charge in [0.1, 0.15) is 0 Å². The normalized spacial score (nSPS) is 25.3. The number of likely N-dealkylation sites (tertiary alicyclic amines) is 1. The zero-order chi connectivity index (χ0) is 13.5. The number of piperidine rings is 1. The molecule has 0 aromatic heterocycles. The minimum absolute atomic E-state index is 0.0652. The summed E-state index contributed by atoms with van der Waals surface area (Å²) in [6, 6.07) is 8.44. The number of fused-ring (bicyclic) bond motifs is 2. The van der Waals surface area contributed by atoms with E-state index in [9.17, 15) is 4.79 Å². The van der Waals surface area contributed by atoms with Crippen LogP contribution in [0.1, 0.15) is 36.3 Å². The van der Waals surface area contributed by atoms with E-state index in [-0.39, 0.29) is 17.3 Å². The zero-order valence-electron chi connectivity index (χ0n) is 11.7. The van der Waals surface area contributed by atoms with Gasteiger partial charge in [-0.3, -0.25) is 4.79 Å². The summed E-state index contributed by atoms with van der Waals surface area (Å²) in [5, 5.41) is 0. The molecule has 3 rings (SSSR count). The minimum atomic E-state index is -0.0803. The molecule has 1 fully saturated rings. The Labute approximate surface area is 114 Å². The van der Waals surface area contributed by atoms with E-state index in [0.29, 0.717) is 0 Å². The first kappa shape index (κ1) is 12.7. The molecule has 1 aromatic carbocycles. The van der Waals surface area contributed by atoms with Crippen LogP contribution in [-0.2, 0) is 14.9 Å². The van der Waals surface area contributed by atoms with Crippen LogP contribution >= 0.6 is 0 Å². The maximum atomic E-state index is 12.0. The number of hydrogen-bond acceptors (Lipinski definition) is 3. The molecule has 0 amide bonds. The predicted molar refractivity (Wildman–Crippen MR) is 74.2 cm³/mol. The van der Waals surface area contributed by atoms with E-state index in [0.717, 1.165) is 32.4 Å². The highest BCUT2D eigenvalue weighted by Gasteiger charge is 2.47. The van der Waals surface area contributed by atoms with Gasteiger partial charge in [0.05, 0.1) is 13.0 Å². The van der Waals surface area contributed by atoms with Crippen LogP contribution < -0.4 is 0 Å². The molecular formula is C16H21NO2. The number of carbonyl (C=O) groups excluding carboxylic acids is 1. The van der Waals surface area contributed by atoms with Gasteiger partial charge in [-0.25, -0.2) is 0 Å². The third-order valence-electron chi connectivity index (χ3n) is 4.93. The van der Waals surface area contributed by atoms with Gasteiger partial charge in [0.15, 0.2) is 0 Å². The Hall–Kier alpha value is -1.35. The quantitative estimate of drug-likeness (QED) is 0.725. The summed E-state index contributed by atoms with van der Waals surface area (Å²) in [4.78, 5) is 14.4. The van der Waals surface area contributed by atoms with E-state index in [1.807, 2.05) is 6.07 Å². The van der Waals surface area contributed by atoms with Crippen LogP contribution in [0.15, 0.2) is 24.3 Å². The molecule has 1 heterocycles. The van der Waals surface area contributed by atoms with E-state index in [2.05, 4.69) is 30.1 Å². The SMILES string of the molecule is COC(=O)C1CC2(CCN(C)CC2)c2ccccc21. The van der Waals surface area contributed by atoms with Crippen molar-refractivity contribution in [3.63, 3.8) is 0 Å². The molecule has 3 nitrogen and oxygen atoms in total. The van der Waals surface area contributed by atoms with Crippen molar-refractivity contribution in [1.29, 1.82) is 0 Å². The first-order chi connectivity index (χ1) is 9.16. The number of ether oxygens (including phenoxy) is 1. The molecule has 0 radical (unpaired) electrons. The van der Waals surface area contributed by atoms with Crippen LogP contribution in [0.4, 0.5) is 0 Å². The van der Waals surface area contributed by atoms with Crippen molar-refractivity contribution < 1.29 is 9.53 Å². The zero-order valence-corrected chi connectivity index (χ0v) is 11.7. The summed E-state index contributed by atoms with van der Waals surface area (Å²) in [7, 11) is 3.66. The van der Waals surface area contributed by atoms with Crippen LogP contribution in [0.2, 0.25) is 0 Å². The molecule has 1 spiro atoms. The van der Waals surface area contributed by atoms with Crippen LogP contribution in [0.5, 0.6) is 0 Å². The number of rotatable bonds is 1. The van der Waals surface area contributed by atoms with Gasteiger partial charge in [-0.1, -0.05) is 24.3 Å². The van der Waals surface area contributed by atoms with Gasteiger partial charge >= 0.3 is 5.97 Å². The molecule has 1 atom stereocenters. The molecule has 1 aliphatic heterocycles. The summed E-state index contributed by atoms with van der Waals surface area (Å²) < 4.78 is 5.00. The third-order valence-corrected chi connectivity index (χ3v) is 4.93. The Morgan fingerprint density at radius 3 is 2.68 bits per heavy atom. The highest BCUT2D eigenvalue weighted by molar-refractivity contribution is 5.80. The highest BCUT2D eigenvalue weighted by Crippen LogP contribution is 2.51. The van der Waals surface area contributed by atoms with E-state index in [4.69, 9.17) is 4.74 Å². The number of esters is 1. The Balaban J connectivity index is 1.99. The molecule has 1 aliphatic carbocycles. The maximum Gasteiger partial charge on any atom is 0.313 e. The van der Waals surface area contributed by atoms with Crippen molar-refractivity contribution in [1.82, 2.24) is 4.90 Å². The molecule has 2 aliphatic rings. The van der Waals surface area contributed by atoms with Gasteiger partial charge in [-0.05, 0) is 55.9 Å². The van der Waals surface area contributed by atoms with Gasteiger partial charge in [0.25, 0.3) is 0 Å². The van der Waals surface area contributed by atoms with E-state index in [1.54, 1.807) is 0 Å². The van der Waals surface area contributed by atoms with Gasteiger partial charge in [0.2, 0.25) is 0 Å². The van der Waals surface area contributed by atoms with Crippen LogP contribution in [0.25, 0.3) is 0 Å². The Morgan fingerprint density at radius 2 is 2.00 bits per heavy atom. The Bertz CT molecular complexity index is 489. The van der Waals surface area contributed by atoms with E-state index >= 15 is 0 Å². The lowest BCUT2D eigenvalue weighted by Crippen LogP contribution is -2.39. The van der Waals surface area contributed by atoms with Crippen molar-refractivity contribution in [2.75, 3.05) is 27.2 Å². The molecular weight excluding hydrogens is 238 g/mol. The van der Waals surface area contributed by atoms with Crippen LogP contribution in [0.3, 0.4) is 0 Å². The summed E-state index contributed by atoms with van der Waals surface area (Å²) in [6.45, 7) is 2.23. The molecule has 1 aromatic rings. The average Bonchev–Trinajstić information content (AvgIpc) is 2.77. The second-order valence-corrected chi connectivity index (χ2v) is 5.95. The summed E-state index contributed by atoms with van der Waals surface area (Å²) >= 11 is 0. The molecule has 0 saturated carbocycles. The van der Waals surface area contributed by atoms with Gasteiger partial charge in [-0.15, -0.1) is 0 Å². The number of benzene rings is 1. The lowest BCUT2D eigenvalue weighted by Gasteiger charge is -2.38. The summed E-state index contributed by atoms with van der Waals surface area (Å²) in [5.74, 6) is -0.146. The lowest BCUT2D eigenvalue weighted by molar-refractivity contribution is -0.142.